The van der Waals surface area contributed by atoms with Gasteiger partial charge in [0.1, 0.15) is 0 Å². The van der Waals surface area contributed by atoms with E-state index in [-0.39, 0.29) is 24.3 Å². The molecule has 0 atom stereocenters. The first kappa shape index (κ1) is 19.8. The number of imide groups is 1. The third-order valence-electron chi connectivity index (χ3n) is 4.96. The van der Waals surface area contributed by atoms with Crippen molar-refractivity contribution in [3.05, 3.63) is 106 Å². The van der Waals surface area contributed by atoms with Crippen molar-refractivity contribution in [1.82, 2.24) is 9.80 Å². The summed E-state index contributed by atoms with van der Waals surface area (Å²) in [5.41, 5.74) is 2.08. The second-order valence-corrected chi connectivity index (χ2v) is 8.03. The van der Waals surface area contributed by atoms with Crippen molar-refractivity contribution in [1.29, 1.82) is 0 Å². The highest BCUT2D eigenvalue weighted by atomic mass is 32.1. The van der Waals surface area contributed by atoms with Crippen molar-refractivity contribution in [2.24, 2.45) is 0 Å². The molecule has 2 heterocycles. The zero-order chi connectivity index (χ0) is 21.1. The third kappa shape index (κ3) is 3.82. The van der Waals surface area contributed by atoms with Crippen molar-refractivity contribution in [2.45, 2.75) is 13.1 Å². The molecule has 6 heteroatoms. The standard InChI is InChI=1S/C24H20N2O3S/c1-2-12-25(16-19-9-6-13-30-19)22(27)18-8-5-7-17(14-18)15-26-23(28)20-10-3-4-11-21(20)24(26)29/h2-11,13-14H,1,12,15-16H2. The van der Waals surface area contributed by atoms with Crippen molar-refractivity contribution < 1.29 is 14.4 Å². The Morgan fingerprint density at radius 2 is 1.73 bits per heavy atom. The van der Waals surface area contributed by atoms with Crippen LogP contribution in [0.15, 0.2) is 78.7 Å². The summed E-state index contributed by atoms with van der Waals surface area (Å²) in [5, 5.41) is 1.98. The van der Waals surface area contributed by atoms with Gasteiger partial charge in [-0.15, -0.1) is 17.9 Å². The summed E-state index contributed by atoms with van der Waals surface area (Å²) in [6.07, 6.45) is 1.70. The van der Waals surface area contributed by atoms with Crippen molar-refractivity contribution in [3.8, 4) is 0 Å². The largest absolute Gasteiger partial charge is 0.330 e. The molecule has 1 aromatic heterocycles. The fraction of sp³-hybridized carbons (Fsp3) is 0.125. The van der Waals surface area contributed by atoms with Gasteiger partial charge in [0.25, 0.3) is 17.7 Å². The van der Waals surface area contributed by atoms with Crippen LogP contribution in [0, 0.1) is 0 Å². The predicted molar refractivity (Wildman–Crippen MR) is 116 cm³/mol. The van der Waals surface area contributed by atoms with Crippen molar-refractivity contribution in [2.75, 3.05) is 6.54 Å². The lowest BCUT2D eigenvalue weighted by Gasteiger charge is -2.21. The number of carbonyl (C=O) groups excluding carboxylic acids is 3. The number of rotatable bonds is 7. The van der Waals surface area contributed by atoms with E-state index in [0.717, 1.165) is 10.4 Å². The number of fused-ring (bicyclic) bond motifs is 1. The predicted octanol–water partition coefficient (Wildman–Crippen LogP) is 4.37. The maximum atomic E-state index is 13.1. The average molecular weight is 417 g/mol. The number of amides is 3. The molecule has 3 aromatic rings. The second kappa shape index (κ2) is 8.47. The van der Waals surface area contributed by atoms with E-state index in [4.69, 9.17) is 0 Å². The minimum atomic E-state index is -0.307. The van der Waals surface area contributed by atoms with Gasteiger partial charge in [0.05, 0.1) is 24.2 Å². The lowest BCUT2D eigenvalue weighted by molar-refractivity contribution is 0.0642. The van der Waals surface area contributed by atoms with Crippen LogP contribution in [0.4, 0.5) is 0 Å². The first-order chi connectivity index (χ1) is 14.6. The molecule has 3 amide bonds. The van der Waals surface area contributed by atoms with E-state index in [1.807, 2.05) is 23.6 Å². The van der Waals surface area contributed by atoms with E-state index in [1.54, 1.807) is 64.8 Å². The summed E-state index contributed by atoms with van der Waals surface area (Å²) in [5.74, 6) is -0.732. The second-order valence-electron chi connectivity index (χ2n) is 7.00. The quantitative estimate of drug-likeness (QED) is 0.424. The lowest BCUT2D eigenvalue weighted by atomic mass is 10.1. The normalized spacial score (nSPS) is 12.7. The maximum absolute atomic E-state index is 13.1. The molecule has 0 spiro atoms. The average Bonchev–Trinajstić information content (AvgIpc) is 3.36. The van der Waals surface area contributed by atoms with Gasteiger partial charge in [-0.1, -0.05) is 36.4 Å². The minimum absolute atomic E-state index is 0.118. The van der Waals surface area contributed by atoms with Crippen molar-refractivity contribution >= 4 is 29.1 Å². The highest BCUT2D eigenvalue weighted by Gasteiger charge is 2.35. The fourth-order valence-corrected chi connectivity index (χ4v) is 4.24. The molecule has 0 unspecified atom stereocenters. The molecule has 0 aliphatic carbocycles. The van der Waals surface area contributed by atoms with Crippen LogP contribution in [-0.2, 0) is 13.1 Å². The first-order valence-corrected chi connectivity index (χ1v) is 10.4. The summed E-state index contributed by atoms with van der Waals surface area (Å²) in [6.45, 7) is 4.82. The van der Waals surface area contributed by atoms with E-state index >= 15 is 0 Å². The number of hydrogen-bond donors (Lipinski definition) is 0. The number of thiophene rings is 1. The molecule has 30 heavy (non-hydrogen) atoms. The van der Waals surface area contributed by atoms with Gasteiger partial charge in [-0.3, -0.25) is 19.3 Å². The fourth-order valence-electron chi connectivity index (χ4n) is 3.52. The molecule has 0 bridgehead atoms. The van der Waals surface area contributed by atoms with Crippen LogP contribution >= 0.6 is 11.3 Å². The van der Waals surface area contributed by atoms with E-state index in [9.17, 15) is 14.4 Å². The summed E-state index contributed by atoms with van der Waals surface area (Å²) in [4.78, 5) is 42.4. The minimum Gasteiger partial charge on any atom is -0.330 e. The van der Waals surface area contributed by atoms with Gasteiger partial charge < -0.3 is 4.90 Å². The zero-order valence-corrected chi connectivity index (χ0v) is 17.1. The Balaban J connectivity index is 1.54. The van der Waals surface area contributed by atoms with Gasteiger partial charge >= 0.3 is 0 Å². The Labute approximate surface area is 178 Å². The van der Waals surface area contributed by atoms with Gasteiger partial charge in [0.15, 0.2) is 0 Å². The summed E-state index contributed by atoms with van der Waals surface area (Å²) >= 11 is 1.60. The highest BCUT2D eigenvalue weighted by molar-refractivity contribution is 7.09. The molecule has 0 saturated heterocycles. The molecule has 0 N–H and O–H groups in total. The van der Waals surface area contributed by atoms with Crippen LogP contribution in [0.2, 0.25) is 0 Å². The van der Waals surface area contributed by atoms with Crippen molar-refractivity contribution in [3.63, 3.8) is 0 Å². The first-order valence-electron chi connectivity index (χ1n) is 9.55. The van der Waals surface area contributed by atoms with Crippen LogP contribution in [-0.4, -0.2) is 34.1 Å². The SMILES string of the molecule is C=CCN(Cc1cccs1)C(=O)c1cccc(CN2C(=O)c3ccccc3C2=O)c1. The topological polar surface area (TPSA) is 57.7 Å². The monoisotopic (exact) mass is 416 g/mol. The molecular formula is C24H20N2O3S. The molecule has 5 nitrogen and oxygen atoms in total. The van der Waals surface area contributed by atoms with Crippen LogP contribution in [0.5, 0.6) is 0 Å². The molecule has 0 saturated carbocycles. The van der Waals surface area contributed by atoms with Crippen LogP contribution < -0.4 is 0 Å². The van der Waals surface area contributed by atoms with E-state index in [2.05, 4.69) is 6.58 Å². The third-order valence-corrected chi connectivity index (χ3v) is 5.82. The highest BCUT2D eigenvalue weighted by Crippen LogP contribution is 2.24. The summed E-state index contributed by atoms with van der Waals surface area (Å²) < 4.78 is 0. The number of carbonyl (C=O) groups is 3. The number of hydrogen-bond acceptors (Lipinski definition) is 4. The van der Waals surface area contributed by atoms with Gasteiger partial charge in [0, 0.05) is 17.0 Å². The molecule has 150 valence electrons. The Kier molecular flexibility index (Phi) is 5.59. The van der Waals surface area contributed by atoms with Gasteiger partial charge in [-0.2, -0.15) is 0 Å². The Morgan fingerprint density at radius 3 is 2.37 bits per heavy atom. The van der Waals surface area contributed by atoms with Crippen LogP contribution in [0.3, 0.4) is 0 Å². The summed E-state index contributed by atoms with van der Waals surface area (Å²) in [7, 11) is 0. The van der Waals surface area contributed by atoms with E-state index in [0.29, 0.717) is 29.8 Å². The molecular weight excluding hydrogens is 396 g/mol. The smallest absolute Gasteiger partial charge is 0.261 e. The van der Waals surface area contributed by atoms with E-state index < -0.39 is 0 Å². The number of nitrogens with zero attached hydrogens (tertiary/aromatic N) is 2. The van der Waals surface area contributed by atoms with Crippen LogP contribution in [0.1, 0.15) is 41.5 Å². The Bertz CT molecular complexity index is 1090. The lowest BCUT2D eigenvalue weighted by Crippen LogP contribution is -2.31. The molecule has 1 aliphatic rings. The maximum Gasteiger partial charge on any atom is 0.261 e. The van der Waals surface area contributed by atoms with Gasteiger partial charge in [-0.25, -0.2) is 0 Å². The summed E-state index contributed by atoms with van der Waals surface area (Å²) in [6, 6.07) is 17.8. The molecule has 2 aromatic carbocycles. The molecule has 0 fully saturated rings. The van der Waals surface area contributed by atoms with E-state index in [1.165, 1.54) is 4.90 Å². The Hall–Kier alpha value is -3.51. The Morgan fingerprint density at radius 1 is 1.00 bits per heavy atom. The van der Waals surface area contributed by atoms with Gasteiger partial charge in [-0.05, 0) is 41.3 Å². The molecule has 0 radical (unpaired) electrons. The molecule has 4 rings (SSSR count). The van der Waals surface area contributed by atoms with Crippen LogP contribution in [0.25, 0.3) is 0 Å². The molecule has 1 aliphatic heterocycles. The van der Waals surface area contributed by atoms with Gasteiger partial charge in [0.2, 0.25) is 0 Å². The zero-order valence-electron chi connectivity index (χ0n) is 16.3. The number of benzene rings is 2.